The Bertz CT molecular complexity index is 765. The van der Waals surface area contributed by atoms with Crippen LogP contribution in [0.2, 0.25) is 0 Å². The minimum Gasteiger partial charge on any atom is -0.465 e. The van der Waals surface area contributed by atoms with Gasteiger partial charge in [0.15, 0.2) is 0 Å². The van der Waals surface area contributed by atoms with E-state index in [0.717, 1.165) is 7.11 Å². The van der Waals surface area contributed by atoms with Crippen LogP contribution >= 0.6 is 11.8 Å². The van der Waals surface area contributed by atoms with Crippen molar-refractivity contribution < 1.29 is 36.5 Å². The largest absolute Gasteiger partial charge is 0.465 e. The second kappa shape index (κ2) is 12.4. The maximum absolute atomic E-state index is 12.0. The number of esters is 2. The zero-order valence-corrected chi connectivity index (χ0v) is 17.5. The van der Waals surface area contributed by atoms with Crippen molar-refractivity contribution in [3.8, 4) is 0 Å². The number of oxime groups is 1. The average Bonchev–Trinajstić information content (AvgIpc) is 2.67. The molecule has 0 saturated carbocycles. The fourth-order valence-electron chi connectivity index (χ4n) is 1.73. The summed E-state index contributed by atoms with van der Waals surface area (Å²) < 4.78 is 43.1. The van der Waals surface area contributed by atoms with E-state index >= 15 is 0 Å². The van der Waals surface area contributed by atoms with Crippen LogP contribution in [-0.4, -0.2) is 58.1 Å². The van der Waals surface area contributed by atoms with E-state index in [2.05, 4.69) is 14.2 Å². The van der Waals surface area contributed by atoms with Crippen LogP contribution in [0.4, 0.5) is 0 Å². The standard InChI is InChI=1S/C17H23NO8S2/c1-13(23-2)9-10-25-15(19)11-27-16(17(20)24-3)18-26-28(21,22)12-14-7-5-4-6-8-14/h4-8,13H,9-12H2,1-3H3/b18-16-. The number of hydrogen-bond acceptors (Lipinski definition) is 10. The van der Waals surface area contributed by atoms with E-state index in [1.807, 2.05) is 6.92 Å². The molecular formula is C17H23NO8S2. The quantitative estimate of drug-likeness (QED) is 0.235. The van der Waals surface area contributed by atoms with E-state index in [-0.39, 0.29) is 18.5 Å². The molecule has 0 saturated heterocycles. The number of carbonyl (C=O) groups excluding carboxylic acids is 2. The monoisotopic (exact) mass is 433 g/mol. The lowest BCUT2D eigenvalue weighted by Gasteiger charge is -2.09. The minimum absolute atomic E-state index is 0.0594. The molecule has 9 nitrogen and oxygen atoms in total. The molecule has 0 fully saturated rings. The Morgan fingerprint density at radius 2 is 1.86 bits per heavy atom. The molecule has 0 heterocycles. The number of ether oxygens (including phenoxy) is 3. The second-order valence-corrected chi connectivity index (χ2v) is 8.01. The van der Waals surface area contributed by atoms with Gasteiger partial charge in [-0.2, -0.15) is 8.42 Å². The molecule has 28 heavy (non-hydrogen) atoms. The van der Waals surface area contributed by atoms with Gasteiger partial charge in [-0.1, -0.05) is 47.2 Å². The number of benzene rings is 1. The molecule has 0 amide bonds. The molecule has 0 radical (unpaired) electrons. The summed E-state index contributed by atoms with van der Waals surface area (Å²) in [6.45, 7) is 1.99. The van der Waals surface area contributed by atoms with Gasteiger partial charge in [-0.15, -0.1) is 0 Å². The predicted molar refractivity (Wildman–Crippen MR) is 104 cm³/mol. The summed E-state index contributed by atoms with van der Waals surface area (Å²) in [5.41, 5.74) is 0.499. The first-order valence-corrected chi connectivity index (χ1v) is 10.8. The van der Waals surface area contributed by atoms with Crippen LogP contribution in [0.15, 0.2) is 35.5 Å². The third-order valence-corrected chi connectivity index (χ3v) is 5.18. The summed E-state index contributed by atoms with van der Waals surface area (Å²) in [7, 11) is -1.43. The highest BCUT2D eigenvalue weighted by Gasteiger charge is 2.20. The number of thioether (sulfide) groups is 1. The van der Waals surface area contributed by atoms with Crippen LogP contribution in [-0.2, 0) is 44.0 Å². The third-order valence-electron chi connectivity index (χ3n) is 3.30. The van der Waals surface area contributed by atoms with E-state index in [0.29, 0.717) is 23.7 Å². The number of rotatable bonds is 10. The van der Waals surface area contributed by atoms with Gasteiger partial charge in [0.05, 0.1) is 25.6 Å². The van der Waals surface area contributed by atoms with Gasteiger partial charge in [0.1, 0.15) is 5.75 Å². The molecular weight excluding hydrogens is 410 g/mol. The van der Waals surface area contributed by atoms with Crippen molar-refractivity contribution in [2.45, 2.75) is 25.2 Å². The first kappa shape index (κ1) is 23.9. The normalized spacial score (nSPS) is 12.9. The Morgan fingerprint density at radius 1 is 1.18 bits per heavy atom. The Labute approximate surface area is 168 Å². The lowest BCUT2D eigenvalue weighted by molar-refractivity contribution is -0.141. The zero-order chi connectivity index (χ0) is 21.0. The molecule has 0 N–H and O–H groups in total. The zero-order valence-electron chi connectivity index (χ0n) is 15.8. The summed E-state index contributed by atoms with van der Waals surface area (Å²) in [5.74, 6) is -2.22. The van der Waals surface area contributed by atoms with Crippen LogP contribution in [0.5, 0.6) is 0 Å². The highest BCUT2D eigenvalue weighted by atomic mass is 32.2. The van der Waals surface area contributed by atoms with Crippen LogP contribution in [0.25, 0.3) is 0 Å². The topological polar surface area (TPSA) is 118 Å². The molecule has 0 aliphatic rings. The molecule has 156 valence electrons. The van der Waals surface area contributed by atoms with Gasteiger partial charge in [0.25, 0.3) is 0 Å². The highest BCUT2D eigenvalue weighted by molar-refractivity contribution is 8.16. The van der Waals surface area contributed by atoms with Gasteiger partial charge in [-0.3, -0.25) is 9.08 Å². The SMILES string of the molecule is COC(=O)/C(=N/OS(=O)(=O)Cc1ccccc1)SCC(=O)OCCC(C)OC. The van der Waals surface area contributed by atoms with Crippen LogP contribution in [0.3, 0.4) is 0 Å². The van der Waals surface area contributed by atoms with Crippen molar-refractivity contribution in [3.05, 3.63) is 35.9 Å². The van der Waals surface area contributed by atoms with Gasteiger partial charge >= 0.3 is 22.1 Å². The molecule has 1 rings (SSSR count). The number of hydrogen-bond donors (Lipinski definition) is 0. The molecule has 0 aliphatic carbocycles. The van der Waals surface area contributed by atoms with Crippen molar-refractivity contribution in [2.24, 2.45) is 5.16 Å². The fourth-order valence-corrected chi connectivity index (χ4v) is 3.25. The summed E-state index contributed by atoms with van der Waals surface area (Å²) in [4.78, 5) is 23.4. The molecule has 1 aromatic rings. The number of nitrogens with zero attached hydrogens (tertiary/aromatic N) is 1. The molecule has 11 heteroatoms. The summed E-state index contributed by atoms with van der Waals surface area (Å²) in [6.07, 6.45) is 0.460. The average molecular weight is 434 g/mol. The minimum atomic E-state index is -4.08. The van der Waals surface area contributed by atoms with E-state index in [1.165, 1.54) is 0 Å². The summed E-state index contributed by atoms with van der Waals surface area (Å²) in [6, 6.07) is 8.34. The molecule has 0 bridgehead atoms. The van der Waals surface area contributed by atoms with Crippen LogP contribution < -0.4 is 0 Å². The lowest BCUT2D eigenvalue weighted by atomic mass is 10.2. The van der Waals surface area contributed by atoms with Crippen molar-refractivity contribution in [1.29, 1.82) is 0 Å². The van der Waals surface area contributed by atoms with E-state index in [4.69, 9.17) is 9.47 Å². The summed E-state index contributed by atoms with van der Waals surface area (Å²) >= 11 is 0.654. The molecule has 1 aromatic carbocycles. The van der Waals surface area contributed by atoms with E-state index < -0.39 is 32.9 Å². The van der Waals surface area contributed by atoms with Crippen LogP contribution in [0, 0.1) is 0 Å². The van der Waals surface area contributed by atoms with Gasteiger partial charge in [-0.25, -0.2) is 4.79 Å². The van der Waals surface area contributed by atoms with Crippen molar-refractivity contribution in [2.75, 3.05) is 26.6 Å². The molecule has 0 aromatic heterocycles. The molecule has 1 unspecified atom stereocenters. The highest BCUT2D eigenvalue weighted by Crippen LogP contribution is 2.12. The third kappa shape index (κ3) is 9.72. The smallest absolute Gasteiger partial charge is 0.366 e. The fraction of sp³-hybridized carbons (Fsp3) is 0.471. The van der Waals surface area contributed by atoms with Gasteiger partial charge in [0, 0.05) is 13.5 Å². The maximum Gasteiger partial charge on any atom is 0.366 e. The Kier molecular flexibility index (Phi) is 10.6. The molecule has 1 atom stereocenters. The Hall–Kier alpha value is -2.11. The predicted octanol–water partition coefficient (Wildman–Crippen LogP) is 1.72. The molecule has 0 aliphatic heterocycles. The van der Waals surface area contributed by atoms with Gasteiger partial charge < -0.3 is 14.2 Å². The van der Waals surface area contributed by atoms with E-state index in [1.54, 1.807) is 37.4 Å². The summed E-state index contributed by atoms with van der Waals surface area (Å²) in [5, 5.41) is 2.93. The number of methoxy groups -OCH3 is 2. The Morgan fingerprint density at radius 3 is 2.46 bits per heavy atom. The van der Waals surface area contributed by atoms with Crippen molar-refractivity contribution >= 4 is 38.9 Å². The van der Waals surface area contributed by atoms with Gasteiger partial charge in [0.2, 0.25) is 5.04 Å². The first-order valence-electron chi connectivity index (χ1n) is 8.20. The van der Waals surface area contributed by atoms with Crippen LogP contribution in [0.1, 0.15) is 18.9 Å². The van der Waals surface area contributed by atoms with Gasteiger partial charge in [-0.05, 0) is 12.5 Å². The first-order chi connectivity index (χ1) is 13.3. The van der Waals surface area contributed by atoms with Crippen molar-refractivity contribution in [1.82, 2.24) is 0 Å². The second-order valence-electron chi connectivity index (χ2n) is 5.49. The maximum atomic E-state index is 12.0. The Balaban J connectivity index is 2.62. The van der Waals surface area contributed by atoms with Crippen molar-refractivity contribution in [3.63, 3.8) is 0 Å². The molecule has 0 spiro atoms. The van der Waals surface area contributed by atoms with E-state index in [9.17, 15) is 18.0 Å². The number of carbonyl (C=O) groups is 2. The lowest BCUT2D eigenvalue weighted by Crippen LogP contribution is -2.18.